The van der Waals surface area contributed by atoms with Gasteiger partial charge in [0.15, 0.2) is 5.16 Å². The third-order valence-electron chi connectivity index (χ3n) is 7.12. The van der Waals surface area contributed by atoms with Crippen molar-refractivity contribution >= 4 is 39.2 Å². The summed E-state index contributed by atoms with van der Waals surface area (Å²) >= 11 is 2.84. The monoisotopic (exact) mass is 493 g/mol. The van der Waals surface area contributed by atoms with Crippen molar-refractivity contribution in [1.29, 1.82) is 0 Å². The van der Waals surface area contributed by atoms with Gasteiger partial charge in [0.1, 0.15) is 4.83 Å². The van der Waals surface area contributed by atoms with Gasteiger partial charge in [-0.25, -0.2) is 4.98 Å². The molecule has 7 heteroatoms. The Hall–Kier alpha value is -2.38. The molecule has 1 saturated heterocycles. The number of carbonyl (C=O) groups is 1. The number of allylic oxidation sites excluding steroid dienone is 1. The molecule has 1 saturated carbocycles. The average molecular weight is 494 g/mol. The minimum atomic E-state index is -0.0776. The molecule has 1 aromatic carbocycles. The molecular weight excluding hydrogens is 462 g/mol. The zero-order valence-corrected chi connectivity index (χ0v) is 21.7. The number of thioether (sulfide) groups is 1. The number of nitrogens with zero attached hydrogens (tertiary/aromatic N) is 3. The van der Waals surface area contributed by atoms with Crippen molar-refractivity contribution in [1.82, 2.24) is 14.5 Å². The van der Waals surface area contributed by atoms with Crippen LogP contribution in [-0.2, 0) is 11.3 Å². The van der Waals surface area contributed by atoms with Gasteiger partial charge in [-0.2, -0.15) is 0 Å². The minimum Gasteiger partial charge on any atom is -0.338 e. The lowest BCUT2D eigenvalue weighted by atomic mass is 9.65. The predicted molar refractivity (Wildman–Crippen MR) is 141 cm³/mol. The molecule has 0 spiro atoms. The number of carbonyl (C=O) groups excluding carboxylic acids is 1. The summed E-state index contributed by atoms with van der Waals surface area (Å²) < 4.78 is 1.65. The van der Waals surface area contributed by atoms with Gasteiger partial charge in [0, 0.05) is 30.1 Å². The first kappa shape index (κ1) is 23.4. The maximum Gasteiger partial charge on any atom is 0.263 e. The third kappa shape index (κ3) is 4.24. The third-order valence-corrected chi connectivity index (χ3v) is 8.95. The SMILES string of the molecule is C=CCn1c(SCC(=O)N2C[C@]3(C)C[C@H]2CC(C)(C)C3)nc2scc(-c3ccccc3)c2c1=O. The van der Waals surface area contributed by atoms with E-state index in [2.05, 4.69) is 32.3 Å². The fourth-order valence-corrected chi connectivity index (χ4v) is 8.08. The number of aromatic nitrogens is 2. The van der Waals surface area contributed by atoms with Crippen molar-refractivity contribution in [2.24, 2.45) is 10.8 Å². The van der Waals surface area contributed by atoms with E-state index in [4.69, 9.17) is 4.98 Å². The van der Waals surface area contributed by atoms with Gasteiger partial charge in [-0.05, 0) is 35.7 Å². The average Bonchev–Trinajstić information content (AvgIpc) is 3.32. The number of amides is 1. The second-order valence-electron chi connectivity index (χ2n) is 10.8. The summed E-state index contributed by atoms with van der Waals surface area (Å²) in [6.07, 6.45) is 5.02. The van der Waals surface area contributed by atoms with Gasteiger partial charge >= 0.3 is 0 Å². The van der Waals surface area contributed by atoms with Crippen LogP contribution < -0.4 is 5.56 Å². The molecule has 178 valence electrons. The van der Waals surface area contributed by atoms with Crippen LogP contribution in [0.4, 0.5) is 0 Å². The summed E-state index contributed by atoms with van der Waals surface area (Å²) in [4.78, 5) is 34.5. The number of likely N-dealkylation sites (tertiary alicyclic amines) is 1. The predicted octanol–water partition coefficient (Wildman–Crippen LogP) is 5.83. The van der Waals surface area contributed by atoms with Crippen LogP contribution >= 0.6 is 23.1 Å². The summed E-state index contributed by atoms with van der Waals surface area (Å²) in [7, 11) is 0. The first-order chi connectivity index (χ1) is 16.2. The molecule has 0 unspecified atom stereocenters. The van der Waals surface area contributed by atoms with Crippen molar-refractivity contribution in [3.05, 3.63) is 58.7 Å². The zero-order valence-electron chi connectivity index (χ0n) is 20.0. The number of fused-ring (bicyclic) bond motifs is 3. The summed E-state index contributed by atoms with van der Waals surface area (Å²) in [6, 6.07) is 10.2. The van der Waals surface area contributed by atoms with Crippen LogP contribution in [0.25, 0.3) is 21.3 Å². The molecule has 2 aliphatic rings. The zero-order chi connectivity index (χ0) is 24.1. The van der Waals surface area contributed by atoms with E-state index in [0.717, 1.165) is 36.9 Å². The molecule has 1 amide bonds. The maximum atomic E-state index is 13.5. The summed E-state index contributed by atoms with van der Waals surface area (Å²) in [5.41, 5.74) is 2.31. The lowest BCUT2D eigenvalue weighted by molar-refractivity contribution is -0.129. The molecule has 2 atom stereocenters. The lowest BCUT2D eigenvalue weighted by Crippen LogP contribution is -2.38. The van der Waals surface area contributed by atoms with Crippen LogP contribution in [0.2, 0.25) is 0 Å². The number of rotatable bonds is 6. The normalized spacial score (nSPS) is 23.4. The van der Waals surface area contributed by atoms with Crippen LogP contribution in [0, 0.1) is 10.8 Å². The fourth-order valence-electron chi connectivity index (χ4n) is 6.20. The van der Waals surface area contributed by atoms with E-state index < -0.39 is 0 Å². The molecule has 2 fully saturated rings. The van der Waals surface area contributed by atoms with E-state index >= 15 is 0 Å². The van der Waals surface area contributed by atoms with Crippen molar-refractivity contribution < 1.29 is 4.79 Å². The highest BCUT2D eigenvalue weighted by molar-refractivity contribution is 7.99. The van der Waals surface area contributed by atoms with E-state index in [1.54, 1.807) is 10.6 Å². The quantitative estimate of drug-likeness (QED) is 0.246. The van der Waals surface area contributed by atoms with Crippen molar-refractivity contribution in [2.75, 3.05) is 12.3 Å². The van der Waals surface area contributed by atoms with Crippen molar-refractivity contribution in [3.8, 4) is 11.1 Å². The van der Waals surface area contributed by atoms with Gasteiger partial charge < -0.3 is 4.90 Å². The van der Waals surface area contributed by atoms with E-state index in [9.17, 15) is 9.59 Å². The molecule has 1 aliphatic carbocycles. The standard InChI is InChI=1S/C27H31N3O2S2/c1-5-11-29-24(32)22-20(18-9-7-6-8-10-18)14-33-23(22)28-25(29)34-15-21(31)30-17-27(4)13-19(30)12-26(2,3)16-27/h5-10,14,19H,1,11-13,15-17H2,2-4H3/t19-,27-/m1/s1. The Labute approximate surface area is 208 Å². The topological polar surface area (TPSA) is 55.2 Å². The van der Waals surface area contributed by atoms with Crippen LogP contribution in [0.5, 0.6) is 0 Å². The Bertz CT molecular complexity index is 1310. The van der Waals surface area contributed by atoms with E-state index in [0.29, 0.717) is 33.7 Å². The highest BCUT2D eigenvalue weighted by atomic mass is 32.2. The Morgan fingerprint density at radius 1 is 1.26 bits per heavy atom. The van der Waals surface area contributed by atoms with Gasteiger partial charge in [0.05, 0.1) is 11.1 Å². The first-order valence-electron chi connectivity index (χ1n) is 11.8. The Morgan fingerprint density at radius 3 is 2.76 bits per heavy atom. The molecule has 0 N–H and O–H groups in total. The fraction of sp³-hybridized carbons (Fsp3) is 0.444. The van der Waals surface area contributed by atoms with Crippen LogP contribution in [-0.4, -0.2) is 38.7 Å². The van der Waals surface area contributed by atoms with Crippen LogP contribution in [0.3, 0.4) is 0 Å². The molecular formula is C27H31N3O2S2. The smallest absolute Gasteiger partial charge is 0.263 e. The molecule has 34 heavy (non-hydrogen) atoms. The Kier molecular flexibility index (Phi) is 5.97. The number of benzene rings is 1. The molecule has 1 aliphatic heterocycles. The minimum absolute atomic E-state index is 0.0776. The molecule has 3 aromatic rings. The van der Waals surface area contributed by atoms with Gasteiger partial charge in [0.25, 0.3) is 5.56 Å². The summed E-state index contributed by atoms with van der Waals surface area (Å²) in [5.74, 6) is 0.436. The van der Waals surface area contributed by atoms with E-state index in [1.807, 2.05) is 35.7 Å². The molecule has 2 bridgehead atoms. The highest BCUT2D eigenvalue weighted by Gasteiger charge is 2.50. The molecule has 0 radical (unpaired) electrons. The highest BCUT2D eigenvalue weighted by Crippen LogP contribution is 2.52. The number of thiophene rings is 1. The second-order valence-corrected chi connectivity index (χ2v) is 12.6. The summed E-state index contributed by atoms with van der Waals surface area (Å²) in [6.45, 7) is 12.0. The van der Waals surface area contributed by atoms with Gasteiger partial charge in [0.2, 0.25) is 5.91 Å². The van der Waals surface area contributed by atoms with Gasteiger partial charge in [-0.3, -0.25) is 14.2 Å². The van der Waals surface area contributed by atoms with Gasteiger partial charge in [-0.15, -0.1) is 17.9 Å². The van der Waals surface area contributed by atoms with Gasteiger partial charge in [-0.1, -0.05) is 68.9 Å². The number of hydrogen-bond acceptors (Lipinski definition) is 5. The molecule has 5 rings (SSSR count). The number of hydrogen-bond donors (Lipinski definition) is 0. The molecule has 2 aromatic heterocycles. The van der Waals surface area contributed by atoms with Crippen LogP contribution in [0.1, 0.15) is 40.0 Å². The van der Waals surface area contributed by atoms with Crippen LogP contribution in [0.15, 0.2) is 58.3 Å². The molecule has 3 heterocycles. The second kappa shape index (κ2) is 8.68. The molecule has 5 nitrogen and oxygen atoms in total. The Morgan fingerprint density at radius 2 is 2.03 bits per heavy atom. The lowest BCUT2D eigenvalue weighted by Gasteiger charge is -2.39. The maximum absolute atomic E-state index is 13.5. The van der Waals surface area contributed by atoms with Crippen molar-refractivity contribution in [3.63, 3.8) is 0 Å². The summed E-state index contributed by atoms with van der Waals surface area (Å²) in [5, 5.41) is 3.22. The van der Waals surface area contributed by atoms with E-state index in [1.165, 1.54) is 23.1 Å². The first-order valence-corrected chi connectivity index (χ1v) is 13.7. The largest absolute Gasteiger partial charge is 0.338 e. The van der Waals surface area contributed by atoms with E-state index in [-0.39, 0.29) is 22.3 Å². The van der Waals surface area contributed by atoms with Crippen molar-refractivity contribution in [2.45, 2.75) is 57.8 Å². The Balaban J connectivity index is 1.42.